The highest BCUT2D eigenvalue weighted by Gasteiger charge is 2.31. The average Bonchev–Trinajstić information content (AvgIpc) is 3.11. The van der Waals surface area contributed by atoms with E-state index in [1.165, 1.54) is 25.7 Å². The van der Waals surface area contributed by atoms with E-state index >= 15 is 0 Å². The van der Waals surface area contributed by atoms with Gasteiger partial charge in [-0.05, 0) is 77.3 Å². The second kappa shape index (κ2) is 10.0. The van der Waals surface area contributed by atoms with Crippen LogP contribution in [0.4, 0.5) is 0 Å². The molecule has 2 aliphatic rings. The van der Waals surface area contributed by atoms with Crippen LogP contribution in [0.5, 0.6) is 0 Å². The molecule has 26 heavy (non-hydrogen) atoms. The molecule has 2 fully saturated rings. The maximum atomic E-state index is 13.5. The molecule has 0 aliphatic carbocycles. The van der Waals surface area contributed by atoms with Crippen LogP contribution >= 0.6 is 0 Å². The maximum Gasteiger partial charge on any atom is 0.240 e. The fraction of sp³-hybridized carbons (Fsp3) is 0.714. The van der Waals surface area contributed by atoms with Gasteiger partial charge in [0, 0.05) is 12.2 Å². The highest BCUT2D eigenvalue weighted by atomic mass is 16.2. The fourth-order valence-electron chi connectivity index (χ4n) is 4.24. The molecule has 1 N–H and O–H groups in total. The number of hydrogen-bond acceptors (Lipinski definition) is 4. The van der Waals surface area contributed by atoms with Gasteiger partial charge in [-0.3, -0.25) is 14.7 Å². The largest absolute Gasteiger partial charge is 0.332 e. The minimum absolute atomic E-state index is 0.0342. The Morgan fingerprint density at radius 1 is 1.19 bits per heavy atom. The summed E-state index contributed by atoms with van der Waals surface area (Å²) in [5, 5.41) is 3.47. The average molecular weight is 359 g/mol. The number of carbonyl (C=O) groups is 1. The Kier molecular flexibility index (Phi) is 7.44. The van der Waals surface area contributed by atoms with E-state index in [1.54, 1.807) is 0 Å². The van der Waals surface area contributed by atoms with Gasteiger partial charge < -0.3 is 10.2 Å². The topological polar surface area (TPSA) is 48.5 Å². The first kappa shape index (κ1) is 19.3. The molecule has 2 unspecified atom stereocenters. The number of rotatable bonds is 5. The van der Waals surface area contributed by atoms with Gasteiger partial charge in [0.15, 0.2) is 0 Å². The Morgan fingerprint density at radius 3 is 2.73 bits per heavy atom. The number of nitrogens with zero attached hydrogens (tertiary/aromatic N) is 3. The number of carbonyl (C=O) groups excluding carboxylic acids is 1. The first-order valence-electron chi connectivity index (χ1n) is 10.4. The molecule has 2 atom stereocenters. The summed E-state index contributed by atoms with van der Waals surface area (Å²) in [6.07, 6.45) is 10.1. The van der Waals surface area contributed by atoms with Crippen molar-refractivity contribution in [2.75, 3.05) is 26.2 Å². The zero-order valence-corrected chi connectivity index (χ0v) is 16.2. The summed E-state index contributed by atoms with van der Waals surface area (Å²) < 4.78 is 0. The van der Waals surface area contributed by atoms with Crippen LogP contribution in [0.25, 0.3) is 0 Å². The fourth-order valence-corrected chi connectivity index (χ4v) is 4.24. The van der Waals surface area contributed by atoms with Crippen molar-refractivity contribution in [1.29, 1.82) is 0 Å². The summed E-state index contributed by atoms with van der Waals surface area (Å²) in [4.78, 5) is 22.5. The summed E-state index contributed by atoms with van der Waals surface area (Å²) in [5.41, 5.74) is 0.987. The highest BCUT2D eigenvalue weighted by Crippen LogP contribution is 2.20. The van der Waals surface area contributed by atoms with Crippen molar-refractivity contribution in [1.82, 2.24) is 20.1 Å². The molecule has 5 heteroatoms. The molecule has 0 spiro atoms. The van der Waals surface area contributed by atoms with Crippen molar-refractivity contribution < 1.29 is 4.79 Å². The lowest BCUT2D eigenvalue weighted by molar-refractivity contribution is -0.140. The summed E-state index contributed by atoms with van der Waals surface area (Å²) in [6, 6.07) is 6.26. The number of aromatic nitrogens is 1. The molecule has 3 heterocycles. The summed E-state index contributed by atoms with van der Waals surface area (Å²) >= 11 is 0. The van der Waals surface area contributed by atoms with Gasteiger partial charge in [-0.25, -0.2) is 0 Å². The molecular formula is C21H34N4O. The van der Waals surface area contributed by atoms with Crippen LogP contribution in [-0.2, 0) is 11.3 Å². The van der Waals surface area contributed by atoms with Crippen molar-refractivity contribution in [3.05, 3.63) is 30.1 Å². The molecule has 3 rings (SSSR count). The monoisotopic (exact) mass is 358 g/mol. The minimum atomic E-state index is -0.0342. The van der Waals surface area contributed by atoms with Crippen molar-refractivity contribution in [3.63, 3.8) is 0 Å². The molecular weight excluding hydrogens is 324 g/mol. The zero-order valence-electron chi connectivity index (χ0n) is 16.2. The molecule has 5 nitrogen and oxygen atoms in total. The number of amides is 1. The van der Waals surface area contributed by atoms with Gasteiger partial charge in [0.1, 0.15) is 0 Å². The smallest absolute Gasteiger partial charge is 0.240 e. The van der Waals surface area contributed by atoms with E-state index < -0.39 is 0 Å². The molecule has 2 saturated heterocycles. The van der Waals surface area contributed by atoms with Crippen LogP contribution in [0, 0.1) is 0 Å². The third kappa shape index (κ3) is 5.27. The Balaban J connectivity index is 1.75. The van der Waals surface area contributed by atoms with E-state index in [4.69, 9.17) is 0 Å². The Hall–Kier alpha value is -1.46. The van der Waals surface area contributed by atoms with Crippen LogP contribution in [0.3, 0.4) is 0 Å². The quantitative estimate of drug-likeness (QED) is 0.879. The van der Waals surface area contributed by atoms with Crippen molar-refractivity contribution in [2.45, 2.75) is 70.5 Å². The molecule has 144 valence electrons. The zero-order chi connectivity index (χ0) is 18.2. The second-order valence-electron chi connectivity index (χ2n) is 7.75. The molecule has 0 saturated carbocycles. The van der Waals surface area contributed by atoms with Crippen LogP contribution in [0.2, 0.25) is 0 Å². The van der Waals surface area contributed by atoms with Crippen LogP contribution < -0.4 is 5.32 Å². The van der Waals surface area contributed by atoms with Gasteiger partial charge in [0.25, 0.3) is 0 Å². The summed E-state index contributed by atoms with van der Waals surface area (Å²) in [5.74, 6) is 0.282. The van der Waals surface area contributed by atoms with Crippen molar-refractivity contribution in [3.8, 4) is 0 Å². The SMILES string of the molecule is CC(C(=O)N(Cc1ccccn1)C1CCCNCC1)N1CCCCCC1. The molecule has 1 aromatic rings. The lowest BCUT2D eigenvalue weighted by atomic mass is 10.0. The maximum absolute atomic E-state index is 13.5. The lowest BCUT2D eigenvalue weighted by Gasteiger charge is -2.36. The van der Waals surface area contributed by atoms with Crippen molar-refractivity contribution >= 4 is 5.91 Å². The Bertz CT molecular complexity index is 534. The highest BCUT2D eigenvalue weighted by molar-refractivity contribution is 5.81. The van der Waals surface area contributed by atoms with Gasteiger partial charge in [-0.15, -0.1) is 0 Å². The van der Waals surface area contributed by atoms with E-state index in [9.17, 15) is 4.79 Å². The predicted octanol–water partition coefficient (Wildman–Crippen LogP) is 2.82. The van der Waals surface area contributed by atoms with E-state index in [1.807, 2.05) is 24.4 Å². The van der Waals surface area contributed by atoms with E-state index in [2.05, 4.69) is 27.0 Å². The molecule has 2 aliphatic heterocycles. The number of nitrogens with one attached hydrogen (secondary N) is 1. The van der Waals surface area contributed by atoms with E-state index in [-0.39, 0.29) is 11.9 Å². The van der Waals surface area contributed by atoms with Gasteiger partial charge in [-0.1, -0.05) is 18.9 Å². The molecule has 0 radical (unpaired) electrons. The lowest BCUT2D eigenvalue weighted by Crippen LogP contribution is -2.51. The molecule has 0 aromatic carbocycles. The number of likely N-dealkylation sites (tertiary alicyclic amines) is 1. The molecule has 1 aromatic heterocycles. The summed E-state index contributed by atoms with van der Waals surface area (Å²) in [7, 11) is 0. The van der Waals surface area contributed by atoms with Crippen LogP contribution in [0.1, 0.15) is 57.6 Å². The first-order chi connectivity index (χ1) is 12.8. The van der Waals surface area contributed by atoms with Gasteiger partial charge in [0.2, 0.25) is 5.91 Å². The van der Waals surface area contributed by atoms with E-state index in [0.717, 1.165) is 51.1 Å². The summed E-state index contributed by atoms with van der Waals surface area (Å²) in [6.45, 7) is 6.89. The van der Waals surface area contributed by atoms with Gasteiger partial charge >= 0.3 is 0 Å². The first-order valence-corrected chi connectivity index (χ1v) is 10.4. The van der Waals surface area contributed by atoms with Gasteiger partial charge in [-0.2, -0.15) is 0 Å². The Labute approximate surface area is 158 Å². The van der Waals surface area contributed by atoms with Crippen LogP contribution in [0.15, 0.2) is 24.4 Å². The van der Waals surface area contributed by atoms with E-state index in [0.29, 0.717) is 12.6 Å². The third-order valence-corrected chi connectivity index (χ3v) is 5.87. The predicted molar refractivity (Wildman–Crippen MR) is 105 cm³/mol. The third-order valence-electron chi connectivity index (χ3n) is 5.87. The molecule has 1 amide bonds. The number of hydrogen-bond donors (Lipinski definition) is 1. The van der Waals surface area contributed by atoms with Crippen LogP contribution in [-0.4, -0.2) is 59.0 Å². The normalized spacial score (nSPS) is 23.7. The van der Waals surface area contributed by atoms with Gasteiger partial charge in [0.05, 0.1) is 18.3 Å². The molecule has 0 bridgehead atoms. The minimum Gasteiger partial charge on any atom is -0.332 e. The number of pyridine rings is 1. The Morgan fingerprint density at radius 2 is 2.00 bits per heavy atom. The second-order valence-corrected chi connectivity index (χ2v) is 7.75. The standard InChI is InChI=1S/C21H34N4O/c1-18(24-15-6-2-3-7-16-24)21(26)25(17-19-9-4-5-13-23-19)20-10-8-12-22-14-11-20/h4-5,9,13,18,20,22H,2-3,6-8,10-12,14-17H2,1H3. The van der Waals surface area contributed by atoms with Crippen molar-refractivity contribution in [2.24, 2.45) is 0 Å².